The van der Waals surface area contributed by atoms with Crippen LogP contribution in [0.25, 0.3) is 34.1 Å². The molecule has 0 spiro atoms. The molecule has 0 aliphatic carbocycles. The van der Waals surface area contributed by atoms with Gasteiger partial charge in [0.2, 0.25) is 0 Å². The molecule has 0 amide bonds. The Hall–Kier alpha value is -2.81. The minimum absolute atomic E-state index is 0.00633. The summed E-state index contributed by atoms with van der Waals surface area (Å²) in [5, 5.41) is 24.8. The predicted octanol–water partition coefficient (Wildman–Crippen LogP) is 7.43. The molecule has 44 heavy (non-hydrogen) atoms. The molecule has 0 saturated carbocycles. The highest BCUT2D eigenvalue weighted by molar-refractivity contribution is 6.41. The molecule has 0 aliphatic heterocycles. The van der Waals surface area contributed by atoms with E-state index in [0.717, 1.165) is 0 Å². The van der Waals surface area contributed by atoms with E-state index < -0.39 is 12.1 Å². The maximum absolute atomic E-state index is 11.7. The second-order valence-electron chi connectivity index (χ2n) is 9.68. The van der Waals surface area contributed by atoms with E-state index in [1.807, 2.05) is 13.8 Å². The maximum atomic E-state index is 11.7. The monoisotopic (exact) mass is 731 g/mol. The number of hydrogen-bond donors (Lipinski definition) is 2. The van der Waals surface area contributed by atoms with Gasteiger partial charge in [0, 0.05) is 12.4 Å². The summed E-state index contributed by atoms with van der Waals surface area (Å²) in [7, 11) is 0. The number of rotatable bonds is 7. The van der Waals surface area contributed by atoms with Gasteiger partial charge in [0.1, 0.15) is 33.7 Å². The van der Waals surface area contributed by atoms with Crippen LogP contribution >= 0.6 is 81.2 Å². The number of halogens is 7. The summed E-state index contributed by atoms with van der Waals surface area (Å²) in [6.45, 7) is 3.78. The van der Waals surface area contributed by atoms with Crippen molar-refractivity contribution < 1.29 is 5.11 Å². The first-order valence-corrected chi connectivity index (χ1v) is 15.2. The first-order valence-electron chi connectivity index (χ1n) is 12.5. The van der Waals surface area contributed by atoms with Gasteiger partial charge in [-0.1, -0.05) is 95.1 Å². The zero-order valence-electron chi connectivity index (χ0n) is 22.2. The van der Waals surface area contributed by atoms with Crippen molar-refractivity contribution in [1.29, 1.82) is 0 Å². The molecular weight excluding hydrogens is 719 g/mol. The van der Waals surface area contributed by atoms with Gasteiger partial charge in [-0.05, 0) is 18.1 Å². The molecule has 0 aliphatic rings. The number of aromatic nitrogens is 10. The Kier molecular flexibility index (Phi) is 8.63. The van der Waals surface area contributed by atoms with Gasteiger partial charge in [0.25, 0.3) is 11.6 Å². The molecule has 2 N–H and O–H groups in total. The minimum atomic E-state index is -1.32. The van der Waals surface area contributed by atoms with E-state index in [-0.39, 0.29) is 65.8 Å². The van der Waals surface area contributed by atoms with Crippen LogP contribution in [0.15, 0.2) is 30.9 Å². The first-order chi connectivity index (χ1) is 20.9. The molecule has 0 aromatic carbocycles. The molecule has 6 aromatic heterocycles. The van der Waals surface area contributed by atoms with Gasteiger partial charge in [0.05, 0.1) is 48.6 Å². The molecule has 1 unspecified atom stereocenters. The molecule has 226 valence electrons. The lowest BCUT2D eigenvalue weighted by Crippen LogP contribution is -2.34. The number of aliphatic hydroxyl groups excluding tert-OH is 1. The first kappa shape index (κ1) is 31.2. The quantitative estimate of drug-likeness (QED) is 0.159. The Morgan fingerprint density at radius 1 is 0.750 bits per heavy atom. The number of aliphatic hydroxyl groups is 1. The average molecular weight is 735 g/mol. The minimum Gasteiger partial charge on any atom is -0.383 e. The molecule has 0 fully saturated rings. The fourth-order valence-corrected chi connectivity index (χ4v) is 6.26. The van der Waals surface area contributed by atoms with Crippen LogP contribution in [0, 0.1) is 5.92 Å². The lowest BCUT2D eigenvalue weighted by Gasteiger charge is -2.28. The van der Waals surface area contributed by atoms with Crippen LogP contribution in [-0.2, 0) is 0 Å². The Labute approximate surface area is 283 Å². The van der Waals surface area contributed by atoms with E-state index in [2.05, 4.69) is 45.4 Å². The van der Waals surface area contributed by atoms with Crippen LogP contribution in [0.4, 0.5) is 5.82 Å². The fourth-order valence-electron chi connectivity index (χ4n) is 4.46. The standard InChI is InChI=1S/C25H16Cl7N11O/c1-8(2)15(37-23-14(17-12(29)4-10(27)6-34-17)20(31)38-24-35-7-36-43(23)24)18(44)22-40-25-39-19(30)13(21(32)42(25)41-22)16-11(28)3-9(26)5-33-16/h3-8,15,18,37,44H,1-2H3/t15-,18?/m0/s1. The summed E-state index contributed by atoms with van der Waals surface area (Å²) < 4.78 is 2.65. The summed E-state index contributed by atoms with van der Waals surface area (Å²) in [6.07, 6.45) is 2.81. The van der Waals surface area contributed by atoms with Gasteiger partial charge in [-0.15, -0.1) is 5.10 Å². The largest absolute Gasteiger partial charge is 0.383 e. The zero-order chi connectivity index (χ0) is 31.4. The predicted molar refractivity (Wildman–Crippen MR) is 170 cm³/mol. The van der Waals surface area contributed by atoms with Gasteiger partial charge in [-0.2, -0.15) is 34.1 Å². The van der Waals surface area contributed by atoms with Crippen LogP contribution in [0.1, 0.15) is 25.8 Å². The molecule has 0 saturated heterocycles. The third-order valence-electron chi connectivity index (χ3n) is 6.50. The molecule has 2 atom stereocenters. The molecule has 6 aromatic rings. The van der Waals surface area contributed by atoms with Crippen molar-refractivity contribution >= 4 is 98.6 Å². The van der Waals surface area contributed by atoms with Crippen molar-refractivity contribution in [3.05, 3.63) is 72.2 Å². The molecule has 0 bridgehead atoms. The molecule has 19 heteroatoms. The van der Waals surface area contributed by atoms with Gasteiger partial charge < -0.3 is 10.4 Å². The fraction of sp³-hybridized carbons (Fsp3) is 0.200. The van der Waals surface area contributed by atoms with Crippen molar-refractivity contribution in [3.8, 4) is 22.5 Å². The zero-order valence-corrected chi connectivity index (χ0v) is 27.5. The topological polar surface area (TPSA) is 144 Å². The van der Waals surface area contributed by atoms with E-state index in [4.69, 9.17) is 81.2 Å². The Balaban J connectivity index is 1.45. The highest BCUT2D eigenvalue weighted by atomic mass is 35.5. The van der Waals surface area contributed by atoms with E-state index in [1.165, 1.54) is 39.9 Å². The second-order valence-corrected chi connectivity index (χ2v) is 12.4. The lowest BCUT2D eigenvalue weighted by molar-refractivity contribution is 0.126. The number of nitrogens with zero attached hydrogens (tertiary/aromatic N) is 10. The molecule has 12 nitrogen and oxygen atoms in total. The number of fused-ring (bicyclic) bond motifs is 2. The van der Waals surface area contributed by atoms with E-state index >= 15 is 0 Å². The van der Waals surface area contributed by atoms with Crippen molar-refractivity contribution in [2.45, 2.75) is 26.0 Å². The van der Waals surface area contributed by atoms with Gasteiger partial charge >= 0.3 is 0 Å². The summed E-state index contributed by atoms with van der Waals surface area (Å²) in [6, 6.07) is 2.27. The summed E-state index contributed by atoms with van der Waals surface area (Å²) in [5.74, 6) is 0.313. The highest BCUT2D eigenvalue weighted by Crippen LogP contribution is 2.40. The smallest absolute Gasteiger partial charge is 0.255 e. The third kappa shape index (κ3) is 5.58. The van der Waals surface area contributed by atoms with Crippen LogP contribution in [0.3, 0.4) is 0 Å². The Morgan fingerprint density at radius 2 is 1.34 bits per heavy atom. The van der Waals surface area contributed by atoms with Crippen molar-refractivity contribution in [1.82, 2.24) is 49.1 Å². The van der Waals surface area contributed by atoms with Crippen LogP contribution in [-0.4, -0.2) is 60.3 Å². The van der Waals surface area contributed by atoms with Gasteiger partial charge in [0.15, 0.2) is 5.82 Å². The van der Waals surface area contributed by atoms with Crippen LogP contribution in [0.5, 0.6) is 0 Å². The van der Waals surface area contributed by atoms with E-state index in [1.54, 1.807) is 0 Å². The molecule has 0 radical (unpaired) electrons. The number of anilines is 1. The van der Waals surface area contributed by atoms with E-state index in [0.29, 0.717) is 21.4 Å². The maximum Gasteiger partial charge on any atom is 0.255 e. The van der Waals surface area contributed by atoms with Gasteiger partial charge in [-0.25, -0.2) is 0 Å². The van der Waals surface area contributed by atoms with Crippen molar-refractivity contribution in [2.75, 3.05) is 5.32 Å². The average Bonchev–Trinajstić information content (AvgIpc) is 3.60. The number of pyridine rings is 2. The van der Waals surface area contributed by atoms with E-state index in [9.17, 15) is 5.11 Å². The summed E-state index contributed by atoms with van der Waals surface area (Å²) >= 11 is 44.8. The summed E-state index contributed by atoms with van der Waals surface area (Å²) in [4.78, 5) is 25.8. The van der Waals surface area contributed by atoms with Crippen LogP contribution in [0.2, 0.25) is 35.5 Å². The van der Waals surface area contributed by atoms with Crippen molar-refractivity contribution in [3.63, 3.8) is 0 Å². The number of nitrogens with one attached hydrogen (secondary N) is 1. The summed E-state index contributed by atoms with van der Waals surface area (Å²) in [5.41, 5.74) is 1.04. The normalized spacial score (nSPS) is 13.2. The molecular formula is C25H16Cl7N11O. The molecule has 6 rings (SSSR count). The highest BCUT2D eigenvalue weighted by Gasteiger charge is 2.32. The van der Waals surface area contributed by atoms with Crippen molar-refractivity contribution in [2.24, 2.45) is 5.92 Å². The Bertz CT molecular complexity index is 2070. The number of hydrogen-bond acceptors (Lipinski definition) is 10. The van der Waals surface area contributed by atoms with Gasteiger partial charge in [-0.3, -0.25) is 9.97 Å². The SMILES string of the molecule is CC(C)[C@H](Nc1c(-c2ncc(Cl)cc2Cl)c(Cl)nc2ncnn12)C(O)c1nc2nc(Cl)c(-c3ncc(Cl)cc3Cl)c(Cl)n2n1. The lowest BCUT2D eigenvalue weighted by atomic mass is 9.97. The van der Waals surface area contributed by atoms with Crippen LogP contribution < -0.4 is 5.32 Å². The third-order valence-corrected chi connectivity index (χ3v) is 8.39. The second kappa shape index (κ2) is 12.2. The Morgan fingerprint density at radius 3 is 1.95 bits per heavy atom. The molecule has 6 heterocycles.